The molecule has 19 heavy (non-hydrogen) atoms. The van der Waals surface area contributed by atoms with Crippen molar-refractivity contribution in [3.05, 3.63) is 35.4 Å². The van der Waals surface area contributed by atoms with Gasteiger partial charge >= 0.3 is 0 Å². The van der Waals surface area contributed by atoms with Gasteiger partial charge in [0.25, 0.3) is 0 Å². The Morgan fingerprint density at radius 3 is 2.05 bits per heavy atom. The molecule has 0 saturated carbocycles. The number of carbonyl (C=O) groups is 1. The molecular formula is C16H24N2O. The van der Waals surface area contributed by atoms with Crippen LogP contribution < -0.4 is 11.1 Å². The molecule has 1 amide bonds. The maximum absolute atomic E-state index is 12.4. The van der Waals surface area contributed by atoms with Crippen LogP contribution in [-0.4, -0.2) is 17.5 Å². The van der Waals surface area contributed by atoms with Gasteiger partial charge in [-0.25, -0.2) is 0 Å². The van der Waals surface area contributed by atoms with E-state index < -0.39 is 11.0 Å². The summed E-state index contributed by atoms with van der Waals surface area (Å²) in [5, 5.41) is 3.15. The topological polar surface area (TPSA) is 55.1 Å². The van der Waals surface area contributed by atoms with Crippen molar-refractivity contribution in [1.29, 1.82) is 0 Å². The SMILES string of the molecule is CC(C)(N)C(C)(C)C(=O)NC1Cc2ccccc2C1. The number of rotatable bonds is 3. The van der Waals surface area contributed by atoms with Gasteiger partial charge < -0.3 is 11.1 Å². The van der Waals surface area contributed by atoms with Crippen LogP contribution >= 0.6 is 0 Å². The van der Waals surface area contributed by atoms with Crippen LogP contribution in [0.15, 0.2) is 24.3 Å². The first-order valence-electron chi connectivity index (χ1n) is 6.88. The van der Waals surface area contributed by atoms with Gasteiger partial charge in [-0.15, -0.1) is 0 Å². The summed E-state index contributed by atoms with van der Waals surface area (Å²) in [6.07, 6.45) is 1.84. The van der Waals surface area contributed by atoms with Gasteiger partial charge in [0.05, 0.1) is 5.41 Å². The third kappa shape index (κ3) is 2.66. The van der Waals surface area contributed by atoms with Gasteiger partial charge in [-0.2, -0.15) is 0 Å². The van der Waals surface area contributed by atoms with Gasteiger partial charge in [0.2, 0.25) is 5.91 Å². The Bertz CT molecular complexity index is 461. The van der Waals surface area contributed by atoms with E-state index in [1.54, 1.807) is 0 Å². The summed E-state index contributed by atoms with van der Waals surface area (Å²) >= 11 is 0. The van der Waals surface area contributed by atoms with Gasteiger partial charge in [-0.3, -0.25) is 4.79 Å². The molecule has 104 valence electrons. The van der Waals surface area contributed by atoms with Crippen LogP contribution in [0.3, 0.4) is 0 Å². The van der Waals surface area contributed by atoms with E-state index in [0.29, 0.717) is 0 Å². The molecule has 0 atom stereocenters. The fourth-order valence-electron chi connectivity index (χ4n) is 2.32. The van der Waals surface area contributed by atoms with E-state index in [1.165, 1.54) is 11.1 Å². The second-order valence-electron chi connectivity index (χ2n) is 6.69. The van der Waals surface area contributed by atoms with E-state index in [9.17, 15) is 4.79 Å². The predicted molar refractivity (Wildman–Crippen MR) is 77.8 cm³/mol. The highest BCUT2D eigenvalue weighted by Gasteiger charge is 2.41. The Labute approximate surface area is 115 Å². The van der Waals surface area contributed by atoms with Crippen LogP contribution in [0.4, 0.5) is 0 Å². The molecule has 0 radical (unpaired) electrons. The molecule has 0 fully saturated rings. The molecule has 0 aromatic heterocycles. The Hall–Kier alpha value is -1.35. The molecule has 0 bridgehead atoms. The van der Waals surface area contributed by atoms with Gasteiger partial charge in [0.15, 0.2) is 0 Å². The number of nitrogens with two attached hydrogens (primary N) is 1. The van der Waals surface area contributed by atoms with Crippen molar-refractivity contribution >= 4 is 5.91 Å². The summed E-state index contributed by atoms with van der Waals surface area (Å²) in [5.74, 6) is 0.0396. The van der Waals surface area contributed by atoms with Crippen molar-refractivity contribution < 1.29 is 4.79 Å². The van der Waals surface area contributed by atoms with E-state index in [4.69, 9.17) is 5.73 Å². The lowest BCUT2D eigenvalue weighted by Crippen LogP contribution is -2.57. The average Bonchev–Trinajstić information content (AvgIpc) is 2.69. The van der Waals surface area contributed by atoms with Crippen LogP contribution in [0.25, 0.3) is 0 Å². The molecular weight excluding hydrogens is 236 g/mol. The zero-order chi connectivity index (χ0) is 14.3. The van der Waals surface area contributed by atoms with Crippen LogP contribution in [-0.2, 0) is 17.6 Å². The number of hydrogen-bond donors (Lipinski definition) is 2. The van der Waals surface area contributed by atoms with Crippen molar-refractivity contribution in [2.45, 2.75) is 52.1 Å². The number of fused-ring (bicyclic) bond motifs is 1. The zero-order valence-electron chi connectivity index (χ0n) is 12.3. The zero-order valence-corrected chi connectivity index (χ0v) is 12.3. The molecule has 1 aromatic carbocycles. The van der Waals surface area contributed by atoms with Crippen molar-refractivity contribution in [2.75, 3.05) is 0 Å². The summed E-state index contributed by atoms with van der Waals surface area (Å²) < 4.78 is 0. The Morgan fingerprint density at radius 2 is 1.63 bits per heavy atom. The Kier molecular flexibility index (Phi) is 3.43. The largest absolute Gasteiger partial charge is 0.352 e. The first kappa shape index (κ1) is 14.1. The highest BCUT2D eigenvalue weighted by Crippen LogP contribution is 2.29. The normalized spacial score (nSPS) is 16.3. The summed E-state index contributed by atoms with van der Waals surface area (Å²) in [7, 11) is 0. The third-order valence-electron chi connectivity index (χ3n) is 4.56. The van der Waals surface area contributed by atoms with Gasteiger partial charge in [0.1, 0.15) is 0 Å². The molecule has 3 nitrogen and oxygen atoms in total. The molecule has 0 saturated heterocycles. The van der Waals surface area contributed by atoms with Gasteiger partial charge in [-0.1, -0.05) is 24.3 Å². The molecule has 1 aliphatic rings. The fourth-order valence-corrected chi connectivity index (χ4v) is 2.32. The molecule has 0 unspecified atom stereocenters. The lowest BCUT2D eigenvalue weighted by atomic mass is 9.74. The fraction of sp³-hybridized carbons (Fsp3) is 0.562. The first-order chi connectivity index (χ1) is 8.72. The number of nitrogens with one attached hydrogen (secondary N) is 1. The highest BCUT2D eigenvalue weighted by molar-refractivity contribution is 5.83. The Balaban J connectivity index is 2.03. The van der Waals surface area contributed by atoms with E-state index >= 15 is 0 Å². The van der Waals surface area contributed by atoms with E-state index in [2.05, 4.69) is 29.6 Å². The van der Waals surface area contributed by atoms with Crippen LogP contribution in [0.5, 0.6) is 0 Å². The average molecular weight is 260 g/mol. The van der Waals surface area contributed by atoms with Crippen LogP contribution in [0, 0.1) is 5.41 Å². The number of benzene rings is 1. The van der Waals surface area contributed by atoms with Crippen molar-refractivity contribution in [2.24, 2.45) is 11.1 Å². The minimum Gasteiger partial charge on any atom is -0.352 e. The quantitative estimate of drug-likeness (QED) is 0.873. The second-order valence-corrected chi connectivity index (χ2v) is 6.69. The summed E-state index contributed by atoms with van der Waals surface area (Å²) in [5.41, 5.74) is 7.68. The molecule has 2 rings (SSSR count). The lowest BCUT2D eigenvalue weighted by molar-refractivity contribution is -0.132. The van der Waals surface area contributed by atoms with Crippen LogP contribution in [0.2, 0.25) is 0 Å². The standard InChI is InChI=1S/C16H24N2O/c1-15(2,16(3,4)17)14(19)18-13-9-11-7-5-6-8-12(11)10-13/h5-8,13H,9-10,17H2,1-4H3,(H,18,19). The van der Waals surface area contributed by atoms with Gasteiger partial charge in [0, 0.05) is 11.6 Å². The Morgan fingerprint density at radius 1 is 1.16 bits per heavy atom. The maximum atomic E-state index is 12.4. The van der Waals surface area contributed by atoms with E-state index in [0.717, 1.165) is 12.8 Å². The highest BCUT2D eigenvalue weighted by atomic mass is 16.2. The molecule has 3 N–H and O–H groups in total. The second kappa shape index (κ2) is 4.64. The van der Waals surface area contributed by atoms with Crippen LogP contribution in [0.1, 0.15) is 38.8 Å². The van der Waals surface area contributed by atoms with Gasteiger partial charge in [-0.05, 0) is 51.7 Å². The lowest BCUT2D eigenvalue weighted by Gasteiger charge is -2.37. The van der Waals surface area contributed by atoms with E-state index in [-0.39, 0.29) is 11.9 Å². The number of hydrogen-bond acceptors (Lipinski definition) is 2. The number of carbonyl (C=O) groups excluding carboxylic acids is 1. The predicted octanol–water partition coefficient (Wildman–Crippen LogP) is 2.03. The summed E-state index contributed by atoms with van der Waals surface area (Å²) in [6, 6.07) is 8.58. The monoisotopic (exact) mass is 260 g/mol. The molecule has 0 spiro atoms. The minimum atomic E-state index is -0.582. The molecule has 1 aromatic rings. The smallest absolute Gasteiger partial charge is 0.227 e. The van der Waals surface area contributed by atoms with E-state index in [1.807, 2.05) is 27.7 Å². The molecule has 3 heteroatoms. The van der Waals surface area contributed by atoms with Crippen molar-refractivity contribution in [3.63, 3.8) is 0 Å². The molecule has 0 heterocycles. The molecule has 0 aliphatic heterocycles. The minimum absolute atomic E-state index is 0.0396. The third-order valence-corrected chi connectivity index (χ3v) is 4.56. The maximum Gasteiger partial charge on any atom is 0.227 e. The molecule has 1 aliphatic carbocycles. The first-order valence-corrected chi connectivity index (χ1v) is 6.88. The van der Waals surface area contributed by atoms with Crippen molar-refractivity contribution in [3.8, 4) is 0 Å². The van der Waals surface area contributed by atoms with Crippen molar-refractivity contribution in [1.82, 2.24) is 5.32 Å². The number of amides is 1. The summed E-state index contributed by atoms with van der Waals surface area (Å²) in [6.45, 7) is 7.61. The summed E-state index contributed by atoms with van der Waals surface area (Å²) in [4.78, 5) is 12.4.